The van der Waals surface area contributed by atoms with Crippen molar-refractivity contribution in [3.05, 3.63) is 59.7 Å². The zero-order valence-corrected chi connectivity index (χ0v) is 15.2. The number of hydrogen-bond donors (Lipinski definition) is 0. The lowest BCUT2D eigenvalue weighted by Crippen LogP contribution is -2.35. The molecule has 1 amide bonds. The van der Waals surface area contributed by atoms with Gasteiger partial charge in [0.1, 0.15) is 0 Å². The predicted octanol–water partition coefficient (Wildman–Crippen LogP) is 2.48. The molecule has 2 aromatic rings. The third-order valence-electron chi connectivity index (χ3n) is 5.06. The number of amides is 1. The molecule has 3 rings (SSSR count). The summed E-state index contributed by atoms with van der Waals surface area (Å²) in [6.45, 7) is 3.77. The maximum absolute atomic E-state index is 12.6. The quantitative estimate of drug-likeness (QED) is 0.840. The Balaban J connectivity index is 1.64. The SMILES string of the molecule is Cc1ccc(CC(=O)N(C)C[C@@H]2CCN(C)[C@H]2c2cccnc2)cn1. The highest BCUT2D eigenvalue weighted by Crippen LogP contribution is 2.36. The van der Waals surface area contributed by atoms with Crippen LogP contribution in [0.2, 0.25) is 0 Å². The van der Waals surface area contributed by atoms with E-state index in [0.29, 0.717) is 18.4 Å². The summed E-state index contributed by atoms with van der Waals surface area (Å²) in [5.74, 6) is 0.574. The van der Waals surface area contributed by atoms with E-state index >= 15 is 0 Å². The monoisotopic (exact) mass is 338 g/mol. The second-order valence-electron chi connectivity index (χ2n) is 7.02. The van der Waals surface area contributed by atoms with Crippen LogP contribution in [0, 0.1) is 12.8 Å². The van der Waals surface area contributed by atoms with E-state index in [0.717, 1.165) is 30.8 Å². The summed E-state index contributed by atoms with van der Waals surface area (Å²) in [5.41, 5.74) is 3.17. The van der Waals surface area contributed by atoms with Crippen LogP contribution in [0.25, 0.3) is 0 Å². The maximum atomic E-state index is 12.6. The van der Waals surface area contributed by atoms with Crippen LogP contribution in [-0.4, -0.2) is 52.9 Å². The van der Waals surface area contributed by atoms with Crippen molar-refractivity contribution >= 4 is 5.91 Å². The predicted molar refractivity (Wildman–Crippen MR) is 98.0 cm³/mol. The fourth-order valence-corrected chi connectivity index (χ4v) is 3.66. The number of aryl methyl sites for hydroxylation is 1. The molecule has 3 heterocycles. The van der Waals surface area contributed by atoms with E-state index in [9.17, 15) is 4.79 Å². The van der Waals surface area contributed by atoms with Crippen LogP contribution in [0.1, 0.15) is 29.3 Å². The molecule has 5 heteroatoms. The first kappa shape index (κ1) is 17.5. The van der Waals surface area contributed by atoms with Crippen molar-refractivity contribution < 1.29 is 4.79 Å². The maximum Gasteiger partial charge on any atom is 0.226 e. The molecule has 0 radical (unpaired) electrons. The molecule has 132 valence electrons. The number of carbonyl (C=O) groups excluding carboxylic acids is 1. The van der Waals surface area contributed by atoms with Crippen molar-refractivity contribution in [3.8, 4) is 0 Å². The minimum Gasteiger partial charge on any atom is -0.345 e. The third-order valence-corrected chi connectivity index (χ3v) is 5.06. The highest BCUT2D eigenvalue weighted by molar-refractivity contribution is 5.78. The van der Waals surface area contributed by atoms with Crippen molar-refractivity contribution in [2.24, 2.45) is 5.92 Å². The van der Waals surface area contributed by atoms with Crippen LogP contribution >= 0.6 is 0 Å². The second-order valence-corrected chi connectivity index (χ2v) is 7.02. The molecule has 5 nitrogen and oxygen atoms in total. The highest BCUT2D eigenvalue weighted by Gasteiger charge is 2.34. The Morgan fingerprint density at radius 3 is 2.84 bits per heavy atom. The number of nitrogens with zero attached hydrogens (tertiary/aromatic N) is 4. The lowest BCUT2D eigenvalue weighted by molar-refractivity contribution is -0.129. The first-order valence-electron chi connectivity index (χ1n) is 8.80. The standard InChI is InChI=1S/C20H26N4O/c1-15-6-7-16(12-22-15)11-19(25)24(3)14-18-8-10-23(2)20(18)17-5-4-9-21-13-17/h4-7,9,12-13,18,20H,8,10-11,14H2,1-3H3/t18-,20-/m0/s1. The average molecular weight is 338 g/mol. The third kappa shape index (κ3) is 4.23. The van der Waals surface area contributed by atoms with E-state index in [2.05, 4.69) is 28.0 Å². The molecule has 2 atom stereocenters. The molecule has 1 fully saturated rings. The summed E-state index contributed by atoms with van der Waals surface area (Å²) in [6, 6.07) is 8.37. The van der Waals surface area contributed by atoms with Gasteiger partial charge < -0.3 is 4.90 Å². The lowest BCUT2D eigenvalue weighted by Gasteiger charge is -2.28. The molecule has 25 heavy (non-hydrogen) atoms. The zero-order valence-electron chi connectivity index (χ0n) is 15.2. The Kier molecular flexibility index (Phi) is 5.43. The number of likely N-dealkylation sites (tertiary alicyclic amines) is 1. The molecule has 0 bridgehead atoms. The van der Waals surface area contributed by atoms with E-state index in [-0.39, 0.29) is 5.91 Å². The van der Waals surface area contributed by atoms with Gasteiger partial charge in [-0.1, -0.05) is 12.1 Å². The molecular weight excluding hydrogens is 312 g/mol. The molecule has 0 spiro atoms. The van der Waals surface area contributed by atoms with Gasteiger partial charge in [-0.3, -0.25) is 19.7 Å². The number of hydrogen-bond acceptors (Lipinski definition) is 4. The second kappa shape index (κ2) is 7.74. The molecule has 1 aliphatic heterocycles. The van der Waals surface area contributed by atoms with E-state index in [1.54, 1.807) is 12.4 Å². The van der Waals surface area contributed by atoms with Crippen LogP contribution < -0.4 is 0 Å². The van der Waals surface area contributed by atoms with Crippen molar-refractivity contribution in [2.75, 3.05) is 27.2 Å². The number of aromatic nitrogens is 2. The van der Waals surface area contributed by atoms with Crippen molar-refractivity contribution in [1.29, 1.82) is 0 Å². The molecule has 1 saturated heterocycles. The minimum absolute atomic E-state index is 0.144. The number of carbonyl (C=O) groups is 1. The Bertz CT molecular complexity index is 701. The molecular formula is C20H26N4O. The first-order valence-corrected chi connectivity index (χ1v) is 8.80. The van der Waals surface area contributed by atoms with Crippen LogP contribution in [-0.2, 0) is 11.2 Å². The Hall–Kier alpha value is -2.27. The number of rotatable bonds is 5. The number of pyridine rings is 2. The number of likely N-dealkylation sites (N-methyl/N-ethyl adjacent to an activating group) is 1. The minimum atomic E-state index is 0.144. The highest BCUT2D eigenvalue weighted by atomic mass is 16.2. The lowest BCUT2D eigenvalue weighted by atomic mass is 9.94. The average Bonchev–Trinajstić information content (AvgIpc) is 2.98. The van der Waals surface area contributed by atoms with Gasteiger partial charge in [-0.25, -0.2) is 0 Å². The van der Waals surface area contributed by atoms with Gasteiger partial charge in [-0.2, -0.15) is 0 Å². The van der Waals surface area contributed by atoms with Crippen LogP contribution in [0.5, 0.6) is 0 Å². The molecule has 1 aliphatic rings. The van der Waals surface area contributed by atoms with Crippen LogP contribution in [0.3, 0.4) is 0 Å². The van der Waals surface area contributed by atoms with Crippen LogP contribution in [0.4, 0.5) is 0 Å². The van der Waals surface area contributed by atoms with Crippen molar-refractivity contribution in [1.82, 2.24) is 19.8 Å². The van der Waals surface area contributed by atoms with E-state index in [1.807, 2.05) is 43.3 Å². The Morgan fingerprint density at radius 2 is 2.16 bits per heavy atom. The van der Waals surface area contributed by atoms with Gasteiger partial charge in [0.15, 0.2) is 0 Å². The van der Waals surface area contributed by atoms with Gasteiger partial charge in [0.05, 0.1) is 6.42 Å². The van der Waals surface area contributed by atoms with Gasteiger partial charge >= 0.3 is 0 Å². The molecule has 0 N–H and O–H groups in total. The van der Waals surface area contributed by atoms with Gasteiger partial charge in [0, 0.05) is 43.9 Å². The summed E-state index contributed by atoms with van der Waals surface area (Å²) in [5, 5.41) is 0. The van der Waals surface area contributed by atoms with E-state index in [1.165, 1.54) is 5.56 Å². The fraction of sp³-hybridized carbons (Fsp3) is 0.450. The smallest absolute Gasteiger partial charge is 0.226 e. The molecule has 0 saturated carbocycles. The summed E-state index contributed by atoms with van der Waals surface area (Å²) in [4.78, 5) is 25.3. The Labute approximate surface area is 149 Å². The summed E-state index contributed by atoms with van der Waals surface area (Å²) >= 11 is 0. The molecule has 0 aliphatic carbocycles. The zero-order chi connectivity index (χ0) is 17.8. The van der Waals surface area contributed by atoms with Crippen molar-refractivity contribution in [2.45, 2.75) is 25.8 Å². The largest absolute Gasteiger partial charge is 0.345 e. The van der Waals surface area contributed by atoms with Gasteiger partial charge in [0.2, 0.25) is 5.91 Å². The normalized spacial score (nSPS) is 20.6. The fourth-order valence-electron chi connectivity index (χ4n) is 3.66. The van der Waals surface area contributed by atoms with E-state index < -0.39 is 0 Å². The first-order chi connectivity index (χ1) is 12.0. The summed E-state index contributed by atoms with van der Waals surface area (Å²) < 4.78 is 0. The van der Waals surface area contributed by atoms with E-state index in [4.69, 9.17) is 0 Å². The van der Waals surface area contributed by atoms with Crippen LogP contribution in [0.15, 0.2) is 42.9 Å². The van der Waals surface area contributed by atoms with Gasteiger partial charge in [0.25, 0.3) is 0 Å². The molecule has 2 aromatic heterocycles. The molecule has 0 aromatic carbocycles. The summed E-state index contributed by atoms with van der Waals surface area (Å²) in [7, 11) is 4.06. The Morgan fingerprint density at radius 1 is 1.32 bits per heavy atom. The van der Waals surface area contributed by atoms with Crippen molar-refractivity contribution in [3.63, 3.8) is 0 Å². The van der Waals surface area contributed by atoms with Gasteiger partial charge in [-0.15, -0.1) is 0 Å². The molecule has 0 unspecified atom stereocenters. The van der Waals surface area contributed by atoms with Gasteiger partial charge in [-0.05, 0) is 56.1 Å². The topological polar surface area (TPSA) is 49.3 Å². The summed E-state index contributed by atoms with van der Waals surface area (Å²) in [6.07, 6.45) is 7.05.